The molecule has 24 heavy (non-hydrogen) atoms. The fourth-order valence-electron chi connectivity index (χ4n) is 5.40. The van der Waals surface area contributed by atoms with Crippen molar-refractivity contribution < 1.29 is 4.79 Å². The highest BCUT2D eigenvalue weighted by molar-refractivity contribution is 5.80. The van der Waals surface area contributed by atoms with Gasteiger partial charge in [-0.15, -0.1) is 0 Å². The van der Waals surface area contributed by atoms with E-state index in [-0.39, 0.29) is 5.92 Å². The Bertz CT molecular complexity index is 649. The Labute approximate surface area is 144 Å². The van der Waals surface area contributed by atoms with Gasteiger partial charge in [0.1, 0.15) is 0 Å². The van der Waals surface area contributed by atoms with E-state index in [9.17, 15) is 4.79 Å². The van der Waals surface area contributed by atoms with Crippen LogP contribution in [0.2, 0.25) is 0 Å². The molecule has 1 aromatic rings. The number of allylic oxidation sites excluding steroid dienone is 2. The molecular formula is C21H26N2O. The summed E-state index contributed by atoms with van der Waals surface area (Å²) in [5, 5.41) is 0. The lowest BCUT2D eigenvalue weighted by molar-refractivity contribution is -0.138. The smallest absolute Gasteiger partial charge is 0.226 e. The van der Waals surface area contributed by atoms with Gasteiger partial charge >= 0.3 is 0 Å². The molecule has 3 atom stereocenters. The van der Waals surface area contributed by atoms with Crippen LogP contribution < -0.4 is 0 Å². The zero-order valence-electron chi connectivity index (χ0n) is 14.2. The number of hydrogen-bond acceptors (Lipinski definition) is 2. The van der Waals surface area contributed by atoms with Crippen molar-refractivity contribution in [1.82, 2.24) is 9.80 Å². The highest BCUT2D eigenvalue weighted by atomic mass is 16.2. The third kappa shape index (κ3) is 2.41. The summed E-state index contributed by atoms with van der Waals surface area (Å²) in [7, 11) is 0. The molecule has 1 heterocycles. The van der Waals surface area contributed by atoms with E-state index in [0.29, 0.717) is 23.8 Å². The molecule has 4 aliphatic rings. The summed E-state index contributed by atoms with van der Waals surface area (Å²) in [6.07, 6.45) is 9.30. The average Bonchev–Trinajstić information content (AvgIpc) is 3.35. The normalized spacial score (nSPS) is 32.5. The number of hydrogen-bond donors (Lipinski definition) is 0. The van der Waals surface area contributed by atoms with Crippen molar-refractivity contribution in [3.8, 4) is 0 Å². The summed E-state index contributed by atoms with van der Waals surface area (Å²) < 4.78 is 0. The van der Waals surface area contributed by atoms with Crippen molar-refractivity contribution in [3.63, 3.8) is 0 Å². The van der Waals surface area contributed by atoms with Crippen LogP contribution in [0.15, 0.2) is 36.4 Å². The number of amides is 1. The number of rotatable bonds is 2. The van der Waals surface area contributed by atoms with Gasteiger partial charge in [-0.3, -0.25) is 9.69 Å². The SMILES string of the molecule is O=C([C@@H]1C[C@@H]2C=C[C@H]1C2)N1CCN(C2Cc3ccccc3C2)CC1. The van der Waals surface area contributed by atoms with Gasteiger partial charge in [-0.2, -0.15) is 0 Å². The van der Waals surface area contributed by atoms with Gasteiger partial charge < -0.3 is 4.90 Å². The summed E-state index contributed by atoms with van der Waals surface area (Å²) in [5.74, 6) is 1.93. The van der Waals surface area contributed by atoms with E-state index in [1.54, 1.807) is 0 Å². The van der Waals surface area contributed by atoms with Crippen molar-refractivity contribution in [1.29, 1.82) is 0 Å². The van der Waals surface area contributed by atoms with Gasteiger partial charge in [0.25, 0.3) is 0 Å². The van der Waals surface area contributed by atoms with Gasteiger partial charge in [0.15, 0.2) is 0 Å². The standard InChI is InChI=1S/C21H26N2O/c24-21(20-12-15-5-6-18(20)11-15)23-9-7-22(8-10-23)19-13-16-3-1-2-4-17(16)14-19/h1-6,15,18-20H,7-14H2/t15-,18+,20-/m1/s1. The molecule has 126 valence electrons. The van der Waals surface area contributed by atoms with Gasteiger partial charge in [0.05, 0.1) is 0 Å². The lowest BCUT2D eigenvalue weighted by atomic mass is 9.92. The van der Waals surface area contributed by atoms with Gasteiger partial charge in [0.2, 0.25) is 5.91 Å². The van der Waals surface area contributed by atoms with E-state index in [1.807, 2.05) is 0 Å². The van der Waals surface area contributed by atoms with Crippen LogP contribution in [0, 0.1) is 17.8 Å². The number of carbonyl (C=O) groups excluding carboxylic acids is 1. The van der Waals surface area contributed by atoms with Crippen LogP contribution >= 0.6 is 0 Å². The van der Waals surface area contributed by atoms with Crippen molar-refractivity contribution in [3.05, 3.63) is 47.5 Å². The second-order valence-corrected chi connectivity index (χ2v) is 8.08. The maximum atomic E-state index is 12.9. The van der Waals surface area contributed by atoms with E-state index in [0.717, 1.165) is 32.6 Å². The van der Waals surface area contributed by atoms with Gasteiger partial charge in [0, 0.05) is 38.1 Å². The maximum Gasteiger partial charge on any atom is 0.226 e. The summed E-state index contributed by atoms with van der Waals surface area (Å²) in [4.78, 5) is 17.6. The van der Waals surface area contributed by atoms with E-state index >= 15 is 0 Å². The van der Waals surface area contributed by atoms with Gasteiger partial charge in [-0.1, -0.05) is 36.4 Å². The third-order valence-electron chi connectivity index (χ3n) is 6.77. The van der Waals surface area contributed by atoms with Crippen LogP contribution in [0.1, 0.15) is 24.0 Å². The monoisotopic (exact) mass is 322 g/mol. The van der Waals surface area contributed by atoms with Crippen LogP contribution in [0.4, 0.5) is 0 Å². The number of nitrogens with zero attached hydrogens (tertiary/aromatic N) is 2. The Kier molecular flexibility index (Phi) is 3.51. The number of fused-ring (bicyclic) bond motifs is 3. The zero-order chi connectivity index (χ0) is 16.1. The lowest BCUT2D eigenvalue weighted by Gasteiger charge is -2.39. The molecule has 3 nitrogen and oxygen atoms in total. The minimum atomic E-state index is 0.280. The molecule has 1 saturated carbocycles. The summed E-state index contributed by atoms with van der Waals surface area (Å²) >= 11 is 0. The molecule has 0 radical (unpaired) electrons. The topological polar surface area (TPSA) is 23.6 Å². The first-order valence-corrected chi connectivity index (χ1v) is 9.56. The molecule has 0 spiro atoms. The van der Waals surface area contributed by atoms with Crippen LogP contribution in [-0.2, 0) is 17.6 Å². The summed E-state index contributed by atoms with van der Waals surface area (Å²) in [6, 6.07) is 9.50. The maximum absolute atomic E-state index is 12.9. The minimum Gasteiger partial charge on any atom is -0.340 e. The highest BCUT2D eigenvalue weighted by Gasteiger charge is 2.42. The predicted octanol–water partition coefficient (Wildman–Crippen LogP) is 2.51. The first-order valence-electron chi connectivity index (χ1n) is 9.56. The Morgan fingerprint density at radius 3 is 2.21 bits per heavy atom. The first kappa shape index (κ1) is 14.7. The van der Waals surface area contributed by atoms with Crippen molar-refractivity contribution in [2.45, 2.75) is 31.7 Å². The van der Waals surface area contributed by atoms with Crippen LogP contribution in [0.5, 0.6) is 0 Å². The van der Waals surface area contributed by atoms with E-state index in [1.165, 1.54) is 30.4 Å². The Morgan fingerprint density at radius 2 is 1.62 bits per heavy atom. The molecule has 0 N–H and O–H groups in total. The molecule has 1 saturated heterocycles. The Balaban J connectivity index is 1.18. The zero-order valence-corrected chi connectivity index (χ0v) is 14.2. The molecule has 0 unspecified atom stereocenters. The first-order chi connectivity index (χ1) is 11.8. The highest BCUT2D eigenvalue weighted by Crippen LogP contribution is 2.44. The molecule has 3 aliphatic carbocycles. The molecule has 3 heteroatoms. The number of carbonyl (C=O) groups is 1. The van der Waals surface area contributed by atoms with Crippen LogP contribution in [0.3, 0.4) is 0 Å². The van der Waals surface area contributed by atoms with Crippen molar-refractivity contribution in [2.24, 2.45) is 17.8 Å². The molecule has 1 aliphatic heterocycles. The molecule has 2 bridgehead atoms. The second kappa shape index (κ2) is 5.73. The fraction of sp³-hybridized carbons (Fsp3) is 0.571. The third-order valence-corrected chi connectivity index (χ3v) is 6.77. The van der Waals surface area contributed by atoms with Gasteiger partial charge in [-0.05, 0) is 48.6 Å². The number of benzene rings is 1. The van der Waals surface area contributed by atoms with E-state index in [2.05, 4.69) is 46.2 Å². The lowest BCUT2D eigenvalue weighted by Crippen LogP contribution is -2.53. The second-order valence-electron chi connectivity index (χ2n) is 8.08. The van der Waals surface area contributed by atoms with Gasteiger partial charge in [-0.25, -0.2) is 0 Å². The van der Waals surface area contributed by atoms with Crippen molar-refractivity contribution >= 4 is 5.91 Å². The Hall–Kier alpha value is -1.61. The summed E-state index contributed by atoms with van der Waals surface area (Å²) in [5.41, 5.74) is 3.05. The number of piperazine rings is 1. The Morgan fingerprint density at radius 1 is 0.917 bits per heavy atom. The molecule has 2 fully saturated rings. The minimum absolute atomic E-state index is 0.280. The summed E-state index contributed by atoms with van der Waals surface area (Å²) in [6.45, 7) is 3.93. The van der Waals surface area contributed by atoms with Crippen LogP contribution in [0.25, 0.3) is 0 Å². The fourth-order valence-corrected chi connectivity index (χ4v) is 5.40. The quantitative estimate of drug-likeness (QED) is 0.781. The van der Waals surface area contributed by atoms with Crippen molar-refractivity contribution in [2.75, 3.05) is 26.2 Å². The average molecular weight is 322 g/mol. The molecule has 5 rings (SSSR count). The largest absolute Gasteiger partial charge is 0.340 e. The molecule has 0 aromatic heterocycles. The van der Waals surface area contributed by atoms with Crippen LogP contribution in [-0.4, -0.2) is 47.9 Å². The van der Waals surface area contributed by atoms with E-state index < -0.39 is 0 Å². The molecule has 1 aromatic carbocycles. The van der Waals surface area contributed by atoms with E-state index in [4.69, 9.17) is 0 Å². The molecule has 1 amide bonds. The molecular weight excluding hydrogens is 296 g/mol. The predicted molar refractivity (Wildman–Crippen MR) is 94.6 cm³/mol.